The smallest absolute Gasteiger partial charge is 0.170 e. The summed E-state index contributed by atoms with van der Waals surface area (Å²) in [6, 6.07) is 14.8. The highest BCUT2D eigenvalue weighted by atomic mass is 32.2. The van der Waals surface area contributed by atoms with Gasteiger partial charge in [0.2, 0.25) is 0 Å². The largest absolute Gasteiger partial charge is 0.362 e. The first-order valence-electron chi connectivity index (χ1n) is 7.57. The van der Waals surface area contributed by atoms with Gasteiger partial charge in [-0.05, 0) is 66.7 Å². The number of nitrogens with one attached hydrogen (secondary N) is 2. The van der Waals surface area contributed by atoms with Gasteiger partial charge in [0.1, 0.15) is 5.82 Å². The van der Waals surface area contributed by atoms with Crippen LogP contribution >= 0.6 is 24.0 Å². The number of thiocarbonyl (C=S) groups is 1. The molecule has 2 nitrogen and oxygen atoms in total. The lowest BCUT2D eigenvalue weighted by molar-refractivity contribution is 0.627. The third kappa shape index (κ3) is 7.01. The summed E-state index contributed by atoms with van der Waals surface area (Å²) in [6.07, 6.45) is 1.03. The predicted molar refractivity (Wildman–Crippen MR) is 103 cm³/mol. The normalized spacial score (nSPS) is 10.3. The quantitative estimate of drug-likeness (QED) is 0.557. The molecule has 2 N–H and O–H groups in total. The van der Waals surface area contributed by atoms with Crippen molar-refractivity contribution in [2.45, 2.75) is 19.1 Å². The Bertz CT molecular complexity index is 629. The van der Waals surface area contributed by atoms with Crippen LogP contribution in [0.1, 0.15) is 17.5 Å². The molecule has 0 unspecified atom stereocenters. The minimum Gasteiger partial charge on any atom is -0.362 e. The van der Waals surface area contributed by atoms with Crippen LogP contribution in [0.5, 0.6) is 0 Å². The average Bonchev–Trinajstić information content (AvgIpc) is 2.52. The van der Waals surface area contributed by atoms with Crippen molar-refractivity contribution in [1.82, 2.24) is 5.32 Å². The molecule has 5 heteroatoms. The summed E-state index contributed by atoms with van der Waals surface area (Å²) in [4.78, 5) is 0. The van der Waals surface area contributed by atoms with Crippen molar-refractivity contribution in [2.75, 3.05) is 17.6 Å². The van der Waals surface area contributed by atoms with Crippen LogP contribution in [0.2, 0.25) is 0 Å². The monoisotopic (exact) mass is 348 g/mol. The molecule has 0 radical (unpaired) electrons. The molecule has 0 fully saturated rings. The van der Waals surface area contributed by atoms with E-state index in [2.05, 4.69) is 29.7 Å². The van der Waals surface area contributed by atoms with E-state index in [1.807, 2.05) is 36.0 Å². The SMILES string of the molecule is Cc1cccc(NC(=S)NCCCSCc2ccc(F)cc2)c1. The second-order valence-corrected chi connectivity index (χ2v) is 6.80. The highest BCUT2D eigenvalue weighted by Gasteiger charge is 1.98. The van der Waals surface area contributed by atoms with Crippen LogP contribution in [0, 0.1) is 12.7 Å². The maximum atomic E-state index is 12.8. The lowest BCUT2D eigenvalue weighted by Crippen LogP contribution is -2.29. The predicted octanol–water partition coefficient (Wildman–Crippen LogP) is 4.74. The highest BCUT2D eigenvalue weighted by molar-refractivity contribution is 7.98. The van der Waals surface area contributed by atoms with Crippen molar-refractivity contribution >= 4 is 34.8 Å². The summed E-state index contributed by atoms with van der Waals surface area (Å²) in [7, 11) is 0. The molecular formula is C18H21FN2S2. The number of aryl methyl sites for hydroxylation is 1. The van der Waals surface area contributed by atoms with E-state index in [9.17, 15) is 4.39 Å². The summed E-state index contributed by atoms with van der Waals surface area (Å²) in [5.74, 6) is 1.77. The van der Waals surface area contributed by atoms with Gasteiger partial charge in [0, 0.05) is 18.0 Å². The van der Waals surface area contributed by atoms with Gasteiger partial charge in [-0.15, -0.1) is 0 Å². The molecule has 0 spiro atoms. The lowest BCUT2D eigenvalue weighted by atomic mass is 10.2. The number of halogens is 1. The fourth-order valence-corrected chi connectivity index (χ4v) is 3.19. The summed E-state index contributed by atoms with van der Waals surface area (Å²) < 4.78 is 12.8. The number of rotatable bonds is 7. The fourth-order valence-electron chi connectivity index (χ4n) is 2.04. The maximum absolute atomic E-state index is 12.8. The molecule has 0 saturated heterocycles. The van der Waals surface area contributed by atoms with Crippen molar-refractivity contribution in [1.29, 1.82) is 0 Å². The molecule has 0 aliphatic rings. The van der Waals surface area contributed by atoms with E-state index < -0.39 is 0 Å². The van der Waals surface area contributed by atoms with Gasteiger partial charge in [-0.2, -0.15) is 11.8 Å². The molecule has 122 valence electrons. The fraction of sp³-hybridized carbons (Fsp3) is 0.278. The van der Waals surface area contributed by atoms with Gasteiger partial charge in [-0.1, -0.05) is 24.3 Å². The highest BCUT2D eigenvalue weighted by Crippen LogP contribution is 2.13. The number of thioether (sulfide) groups is 1. The number of benzene rings is 2. The van der Waals surface area contributed by atoms with E-state index in [1.165, 1.54) is 17.7 Å². The Morgan fingerprint density at radius 3 is 2.70 bits per heavy atom. The van der Waals surface area contributed by atoms with Gasteiger partial charge in [0.05, 0.1) is 0 Å². The topological polar surface area (TPSA) is 24.1 Å². The molecule has 0 bridgehead atoms. The Labute approximate surface area is 146 Å². The zero-order chi connectivity index (χ0) is 16.5. The number of hydrogen-bond acceptors (Lipinski definition) is 2. The van der Waals surface area contributed by atoms with E-state index in [4.69, 9.17) is 12.2 Å². The van der Waals surface area contributed by atoms with Crippen LogP contribution in [-0.4, -0.2) is 17.4 Å². The van der Waals surface area contributed by atoms with Crippen LogP contribution < -0.4 is 10.6 Å². The van der Waals surface area contributed by atoms with Gasteiger partial charge in [0.25, 0.3) is 0 Å². The van der Waals surface area contributed by atoms with E-state index in [1.54, 1.807) is 0 Å². The zero-order valence-corrected chi connectivity index (χ0v) is 14.8. The van der Waals surface area contributed by atoms with Crippen molar-refractivity contribution < 1.29 is 4.39 Å². The lowest BCUT2D eigenvalue weighted by Gasteiger charge is -2.10. The van der Waals surface area contributed by atoms with Crippen LogP contribution in [0.15, 0.2) is 48.5 Å². The second-order valence-electron chi connectivity index (χ2n) is 5.28. The molecule has 2 aromatic rings. The molecule has 2 rings (SSSR count). The van der Waals surface area contributed by atoms with Gasteiger partial charge in [-0.3, -0.25) is 0 Å². The molecule has 23 heavy (non-hydrogen) atoms. The standard InChI is InChI=1S/C18H21FN2S2/c1-14-4-2-5-17(12-14)21-18(22)20-10-3-11-23-13-15-6-8-16(19)9-7-15/h2,4-9,12H,3,10-11,13H2,1H3,(H2,20,21,22). The van der Waals surface area contributed by atoms with E-state index in [0.717, 1.165) is 35.7 Å². The maximum Gasteiger partial charge on any atom is 0.170 e. The zero-order valence-electron chi connectivity index (χ0n) is 13.1. The molecule has 0 atom stereocenters. The third-order valence-corrected chi connectivity index (χ3v) is 4.57. The molecule has 0 heterocycles. The Morgan fingerprint density at radius 1 is 1.17 bits per heavy atom. The molecule has 0 aliphatic heterocycles. The molecule has 0 aromatic heterocycles. The number of hydrogen-bond donors (Lipinski definition) is 2. The van der Waals surface area contributed by atoms with Gasteiger partial charge in [-0.25, -0.2) is 4.39 Å². The van der Waals surface area contributed by atoms with Crippen molar-refractivity contribution in [3.63, 3.8) is 0 Å². The second kappa shape index (κ2) is 9.53. The Hall–Kier alpha value is -1.59. The Kier molecular flexibility index (Phi) is 7.36. The molecule has 2 aromatic carbocycles. The van der Waals surface area contributed by atoms with Crippen molar-refractivity contribution in [3.8, 4) is 0 Å². The average molecular weight is 349 g/mol. The Balaban J connectivity index is 1.56. The first kappa shape index (κ1) is 17.8. The van der Waals surface area contributed by atoms with Crippen molar-refractivity contribution in [3.05, 3.63) is 65.5 Å². The van der Waals surface area contributed by atoms with Crippen LogP contribution in [0.3, 0.4) is 0 Å². The molecule has 0 saturated carbocycles. The first-order valence-corrected chi connectivity index (χ1v) is 9.13. The minimum absolute atomic E-state index is 0.183. The summed E-state index contributed by atoms with van der Waals surface area (Å²) in [5.41, 5.74) is 3.36. The molecular weight excluding hydrogens is 327 g/mol. The first-order chi connectivity index (χ1) is 11.1. The van der Waals surface area contributed by atoms with Gasteiger partial charge >= 0.3 is 0 Å². The van der Waals surface area contributed by atoms with Crippen LogP contribution in [0.25, 0.3) is 0 Å². The van der Waals surface area contributed by atoms with E-state index >= 15 is 0 Å². The van der Waals surface area contributed by atoms with Gasteiger partial charge < -0.3 is 10.6 Å². The minimum atomic E-state index is -0.183. The van der Waals surface area contributed by atoms with Crippen LogP contribution in [0.4, 0.5) is 10.1 Å². The third-order valence-electron chi connectivity index (χ3n) is 3.21. The van der Waals surface area contributed by atoms with E-state index in [-0.39, 0.29) is 5.82 Å². The Morgan fingerprint density at radius 2 is 1.96 bits per heavy atom. The summed E-state index contributed by atoms with van der Waals surface area (Å²) in [5, 5.41) is 7.05. The van der Waals surface area contributed by atoms with Crippen LogP contribution in [-0.2, 0) is 5.75 Å². The molecule has 0 amide bonds. The summed E-state index contributed by atoms with van der Waals surface area (Å²) >= 11 is 7.13. The van der Waals surface area contributed by atoms with Crippen molar-refractivity contribution in [2.24, 2.45) is 0 Å². The van der Waals surface area contributed by atoms with E-state index in [0.29, 0.717) is 5.11 Å². The molecule has 0 aliphatic carbocycles. The van der Waals surface area contributed by atoms with Gasteiger partial charge in [0.15, 0.2) is 5.11 Å². The summed E-state index contributed by atoms with van der Waals surface area (Å²) in [6.45, 7) is 2.90. The number of anilines is 1.